The minimum absolute atomic E-state index is 0.0129. The second-order valence-corrected chi connectivity index (χ2v) is 4.69. The van der Waals surface area contributed by atoms with Crippen LogP contribution in [0.15, 0.2) is 18.2 Å². The summed E-state index contributed by atoms with van der Waals surface area (Å²) in [5, 5.41) is 13.5. The van der Waals surface area contributed by atoms with Crippen molar-refractivity contribution in [2.45, 2.75) is 13.3 Å². The van der Waals surface area contributed by atoms with Crippen LogP contribution in [0.2, 0.25) is 0 Å². The molecule has 1 saturated heterocycles. The van der Waals surface area contributed by atoms with Crippen LogP contribution < -0.4 is 5.32 Å². The largest absolute Gasteiger partial charge is 0.354 e. The molecule has 0 atom stereocenters. The fourth-order valence-corrected chi connectivity index (χ4v) is 2.10. The zero-order chi connectivity index (χ0) is 14.7. The first-order chi connectivity index (χ1) is 9.49. The minimum atomic E-state index is -0.536. The summed E-state index contributed by atoms with van der Waals surface area (Å²) in [4.78, 5) is 35.6. The maximum atomic E-state index is 12.4. The number of carbonyl (C=O) groups is 2. The molecule has 1 aliphatic heterocycles. The highest BCUT2D eigenvalue weighted by Crippen LogP contribution is 2.19. The number of non-ortho nitro benzene ring substituents is 1. The van der Waals surface area contributed by atoms with Gasteiger partial charge in [0.25, 0.3) is 11.6 Å². The Morgan fingerprint density at radius 3 is 2.90 bits per heavy atom. The molecule has 0 bridgehead atoms. The summed E-state index contributed by atoms with van der Waals surface area (Å²) < 4.78 is 0. The Balaban J connectivity index is 2.29. The number of aryl methyl sites for hydroxylation is 1. The van der Waals surface area contributed by atoms with Gasteiger partial charge in [-0.25, -0.2) is 0 Å². The van der Waals surface area contributed by atoms with Gasteiger partial charge in [-0.1, -0.05) is 6.07 Å². The molecule has 106 valence electrons. The fraction of sp³-hybridized carbons (Fsp3) is 0.385. The normalized spacial score (nSPS) is 15.4. The van der Waals surface area contributed by atoms with Gasteiger partial charge in [0, 0.05) is 30.8 Å². The third-order valence-corrected chi connectivity index (χ3v) is 3.21. The quantitative estimate of drug-likeness (QED) is 0.641. The predicted octanol–water partition coefficient (Wildman–Crippen LogP) is 0.865. The number of hydrogen-bond donors (Lipinski definition) is 1. The van der Waals surface area contributed by atoms with Gasteiger partial charge in [0.2, 0.25) is 5.91 Å². The molecule has 2 amide bonds. The Morgan fingerprint density at radius 2 is 2.20 bits per heavy atom. The first-order valence-corrected chi connectivity index (χ1v) is 6.30. The Bertz CT molecular complexity index is 571. The van der Waals surface area contributed by atoms with Crippen molar-refractivity contribution >= 4 is 17.5 Å². The van der Waals surface area contributed by atoms with E-state index in [4.69, 9.17) is 0 Å². The van der Waals surface area contributed by atoms with Gasteiger partial charge in [-0.2, -0.15) is 0 Å². The second-order valence-electron chi connectivity index (χ2n) is 4.69. The minimum Gasteiger partial charge on any atom is -0.354 e. The molecule has 2 rings (SSSR count). The maximum Gasteiger partial charge on any atom is 0.270 e. The number of rotatable bonds is 2. The van der Waals surface area contributed by atoms with Crippen LogP contribution in [0.25, 0.3) is 0 Å². The standard InChI is InChI=1S/C13H15N3O4/c1-9-3-4-10(16(19)20)7-11(9)13(18)15-6-2-5-14-12(17)8-15/h3-4,7H,2,5-6,8H2,1H3,(H,14,17). The molecule has 7 nitrogen and oxygen atoms in total. The van der Waals surface area contributed by atoms with Crippen molar-refractivity contribution in [1.82, 2.24) is 10.2 Å². The second kappa shape index (κ2) is 5.68. The Kier molecular flexibility index (Phi) is 3.97. The average Bonchev–Trinajstić information content (AvgIpc) is 2.63. The monoisotopic (exact) mass is 277 g/mol. The smallest absolute Gasteiger partial charge is 0.270 e. The van der Waals surface area contributed by atoms with Crippen LogP contribution in [0, 0.1) is 17.0 Å². The van der Waals surface area contributed by atoms with Crippen molar-refractivity contribution in [2.75, 3.05) is 19.6 Å². The number of nitro benzene ring substituents is 1. The number of nitrogens with one attached hydrogen (secondary N) is 1. The third kappa shape index (κ3) is 2.93. The summed E-state index contributed by atoms with van der Waals surface area (Å²) >= 11 is 0. The summed E-state index contributed by atoms with van der Waals surface area (Å²) in [6.45, 7) is 2.70. The maximum absolute atomic E-state index is 12.4. The van der Waals surface area contributed by atoms with Gasteiger partial charge in [-0.15, -0.1) is 0 Å². The van der Waals surface area contributed by atoms with Crippen LogP contribution >= 0.6 is 0 Å². The Labute approximate surface area is 115 Å². The molecule has 1 N–H and O–H groups in total. The molecule has 0 aliphatic carbocycles. The molecule has 20 heavy (non-hydrogen) atoms. The van der Waals surface area contributed by atoms with Gasteiger partial charge in [0.1, 0.15) is 0 Å². The van der Waals surface area contributed by atoms with E-state index in [-0.39, 0.29) is 29.6 Å². The van der Waals surface area contributed by atoms with Crippen LogP contribution in [0.4, 0.5) is 5.69 Å². The van der Waals surface area contributed by atoms with Gasteiger partial charge in [0.15, 0.2) is 0 Å². The lowest BCUT2D eigenvalue weighted by atomic mass is 10.1. The van der Waals surface area contributed by atoms with E-state index < -0.39 is 4.92 Å². The number of benzene rings is 1. The lowest BCUT2D eigenvalue weighted by Crippen LogP contribution is -2.37. The zero-order valence-electron chi connectivity index (χ0n) is 11.1. The van der Waals surface area contributed by atoms with Crippen LogP contribution in [-0.2, 0) is 4.79 Å². The molecular formula is C13H15N3O4. The van der Waals surface area contributed by atoms with E-state index in [0.717, 1.165) is 0 Å². The summed E-state index contributed by atoms with van der Waals surface area (Å²) in [5.41, 5.74) is 0.803. The van der Waals surface area contributed by atoms with Gasteiger partial charge < -0.3 is 10.2 Å². The highest BCUT2D eigenvalue weighted by Gasteiger charge is 2.23. The fourth-order valence-electron chi connectivity index (χ4n) is 2.10. The summed E-state index contributed by atoms with van der Waals surface area (Å²) in [6, 6.07) is 4.17. The number of nitro groups is 1. The van der Waals surface area contributed by atoms with Crippen molar-refractivity contribution in [3.8, 4) is 0 Å². The van der Waals surface area contributed by atoms with Crippen molar-refractivity contribution in [3.63, 3.8) is 0 Å². The molecule has 1 aliphatic rings. The molecule has 1 fully saturated rings. The van der Waals surface area contributed by atoms with Crippen molar-refractivity contribution in [1.29, 1.82) is 0 Å². The highest BCUT2D eigenvalue weighted by atomic mass is 16.6. The van der Waals surface area contributed by atoms with E-state index in [1.807, 2.05) is 0 Å². The van der Waals surface area contributed by atoms with Gasteiger partial charge >= 0.3 is 0 Å². The number of hydrogen-bond acceptors (Lipinski definition) is 4. The van der Waals surface area contributed by atoms with Crippen LogP contribution in [-0.4, -0.2) is 41.3 Å². The lowest BCUT2D eigenvalue weighted by molar-refractivity contribution is -0.384. The summed E-state index contributed by atoms with van der Waals surface area (Å²) in [6.07, 6.45) is 0.672. The highest BCUT2D eigenvalue weighted by molar-refractivity contribution is 5.98. The topological polar surface area (TPSA) is 92.6 Å². The number of amides is 2. The number of nitrogens with zero attached hydrogens (tertiary/aromatic N) is 2. The van der Waals surface area contributed by atoms with E-state index in [1.54, 1.807) is 13.0 Å². The van der Waals surface area contributed by atoms with Crippen molar-refractivity contribution in [3.05, 3.63) is 39.4 Å². The van der Waals surface area contributed by atoms with Gasteiger partial charge in [-0.05, 0) is 18.9 Å². The first-order valence-electron chi connectivity index (χ1n) is 6.30. The van der Waals surface area contributed by atoms with Crippen molar-refractivity contribution < 1.29 is 14.5 Å². The Morgan fingerprint density at radius 1 is 1.45 bits per heavy atom. The molecule has 0 aromatic heterocycles. The molecule has 1 aromatic carbocycles. The molecule has 0 unspecified atom stereocenters. The van der Waals surface area contributed by atoms with Gasteiger partial charge in [-0.3, -0.25) is 19.7 Å². The molecule has 7 heteroatoms. The molecule has 0 saturated carbocycles. The SMILES string of the molecule is Cc1ccc([N+](=O)[O-])cc1C(=O)N1CCCNC(=O)C1. The summed E-state index contributed by atoms with van der Waals surface area (Å²) in [5.74, 6) is -0.554. The van der Waals surface area contributed by atoms with Crippen LogP contribution in [0.1, 0.15) is 22.3 Å². The molecular weight excluding hydrogens is 262 g/mol. The van der Waals surface area contributed by atoms with Crippen LogP contribution in [0.5, 0.6) is 0 Å². The lowest BCUT2D eigenvalue weighted by Gasteiger charge is -2.19. The Hall–Kier alpha value is -2.44. The molecule has 0 radical (unpaired) electrons. The van der Waals surface area contributed by atoms with E-state index in [1.165, 1.54) is 17.0 Å². The number of carbonyl (C=O) groups excluding carboxylic acids is 2. The molecule has 1 heterocycles. The molecule has 0 spiro atoms. The molecule has 1 aromatic rings. The van der Waals surface area contributed by atoms with Crippen LogP contribution in [0.3, 0.4) is 0 Å². The van der Waals surface area contributed by atoms with E-state index in [0.29, 0.717) is 25.1 Å². The third-order valence-electron chi connectivity index (χ3n) is 3.21. The van der Waals surface area contributed by atoms with E-state index in [2.05, 4.69) is 5.32 Å². The first kappa shape index (κ1) is 14.0. The average molecular weight is 277 g/mol. The predicted molar refractivity (Wildman–Crippen MR) is 71.4 cm³/mol. The van der Waals surface area contributed by atoms with Crippen molar-refractivity contribution in [2.24, 2.45) is 0 Å². The summed E-state index contributed by atoms with van der Waals surface area (Å²) in [7, 11) is 0. The van der Waals surface area contributed by atoms with E-state index in [9.17, 15) is 19.7 Å². The zero-order valence-corrected chi connectivity index (χ0v) is 11.1. The van der Waals surface area contributed by atoms with E-state index >= 15 is 0 Å². The van der Waals surface area contributed by atoms with Gasteiger partial charge in [0.05, 0.1) is 11.5 Å².